The highest BCUT2D eigenvalue weighted by atomic mass is 19.1. The Bertz CT molecular complexity index is 1120. The van der Waals surface area contributed by atoms with Gasteiger partial charge in [0.05, 0.1) is 31.3 Å². The quantitative estimate of drug-likeness (QED) is 0.656. The predicted molar refractivity (Wildman–Crippen MR) is 109 cm³/mol. The summed E-state index contributed by atoms with van der Waals surface area (Å²) in [6.45, 7) is 1.66. The zero-order valence-electron chi connectivity index (χ0n) is 16.6. The van der Waals surface area contributed by atoms with Crippen molar-refractivity contribution in [3.05, 3.63) is 54.3 Å². The minimum absolute atomic E-state index is 0.0766. The molecule has 0 aliphatic carbocycles. The fraction of sp³-hybridized carbons (Fsp3) is 0.318. The van der Waals surface area contributed by atoms with E-state index in [2.05, 4.69) is 15.6 Å². The molecule has 3 aromatic rings. The van der Waals surface area contributed by atoms with Gasteiger partial charge in [-0.25, -0.2) is 9.37 Å². The third-order valence-electron chi connectivity index (χ3n) is 5.57. The number of nitrogens with zero attached hydrogens (tertiary/aromatic N) is 2. The van der Waals surface area contributed by atoms with Crippen LogP contribution in [0.5, 0.6) is 0 Å². The fourth-order valence-corrected chi connectivity index (χ4v) is 3.84. The maximum Gasteiger partial charge on any atom is 0.287 e. The van der Waals surface area contributed by atoms with Gasteiger partial charge < -0.3 is 24.4 Å². The van der Waals surface area contributed by atoms with Gasteiger partial charge in [-0.05, 0) is 42.8 Å². The summed E-state index contributed by atoms with van der Waals surface area (Å²) in [5, 5.41) is 5.60. The van der Waals surface area contributed by atoms with Gasteiger partial charge >= 0.3 is 0 Å². The largest absolute Gasteiger partial charge is 0.449 e. The zero-order valence-corrected chi connectivity index (χ0v) is 16.6. The van der Waals surface area contributed by atoms with Gasteiger partial charge in [0.25, 0.3) is 5.91 Å². The van der Waals surface area contributed by atoms with Crippen molar-refractivity contribution in [3.8, 4) is 22.7 Å². The first-order valence-electron chi connectivity index (χ1n) is 10.2. The number of imidazole rings is 1. The fourth-order valence-electron chi connectivity index (χ4n) is 3.84. The first-order valence-corrected chi connectivity index (χ1v) is 10.2. The molecule has 1 atom stereocenters. The molecule has 1 unspecified atom stereocenters. The van der Waals surface area contributed by atoms with Gasteiger partial charge in [0.2, 0.25) is 5.91 Å². The van der Waals surface area contributed by atoms with Crippen molar-refractivity contribution in [1.29, 1.82) is 0 Å². The van der Waals surface area contributed by atoms with Crippen molar-refractivity contribution >= 4 is 11.8 Å². The second-order valence-electron chi connectivity index (χ2n) is 7.72. The summed E-state index contributed by atoms with van der Waals surface area (Å²) in [5.41, 5.74) is 2.08. The van der Waals surface area contributed by atoms with Crippen molar-refractivity contribution in [3.63, 3.8) is 0 Å². The number of aromatic nitrogens is 2. The highest BCUT2D eigenvalue weighted by Crippen LogP contribution is 2.36. The third kappa shape index (κ3) is 3.84. The molecule has 31 heavy (non-hydrogen) atoms. The molecule has 2 saturated heterocycles. The van der Waals surface area contributed by atoms with Crippen molar-refractivity contribution < 1.29 is 23.1 Å². The molecule has 4 heterocycles. The third-order valence-corrected chi connectivity index (χ3v) is 5.57. The van der Waals surface area contributed by atoms with E-state index in [0.29, 0.717) is 43.3 Å². The number of furan rings is 1. The Hall–Kier alpha value is -3.46. The van der Waals surface area contributed by atoms with E-state index in [1.807, 2.05) is 4.57 Å². The van der Waals surface area contributed by atoms with Crippen LogP contribution in [0.3, 0.4) is 0 Å². The van der Waals surface area contributed by atoms with E-state index < -0.39 is 0 Å². The van der Waals surface area contributed by atoms with Crippen LogP contribution in [0.4, 0.5) is 4.39 Å². The smallest absolute Gasteiger partial charge is 0.287 e. The van der Waals surface area contributed by atoms with E-state index in [-0.39, 0.29) is 41.9 Å². The molecule has 0 saturated carbocycles. The average Bonchev–Trinajstić information content (AvgIpc) is 3.35. The highest BCUT2D eigenvalue weighted by molar-refractivity contribution is 5.93. The summed E-state index contributed by atoms with van der Waals surface area (Å²) >= 11 is 0. The van der Waals surface area contributed by atoms with Gasteiger partial charge in [0, 0.05) is 24.6 Å². The molecule has 0 radical (unpaired) electrons. The highest BCUT2D eigenvalue weighted by Gasteiger charge is 2.28. The number of carbonyl (C=O) groups is 2. The molecule has 160 valence electrons. The van der Waals surface area contributed by atoms with Gasteiger partial charge in [-0.1, -0.05) is 0 Å². The lowest BCUT2D eigenvalue weighted by atomic mass is 10.1. The molecule has 5 rings (SSSR count). The van der Waals surface area contributed by atoms with Crippen LogP contribution in [0.15, 0.2) is 47.1 Å². The minimum Gasteiger partial charge on any atom is -0.449 e. The first kappa shape index (κ1) is 19.5. The van der Waals surface area contributed by atoms with Crippen LogP contribution in [0, 0.1) is 5.82 Å². The lowest BCUT2D eigenvalue weighted by Gasteiger charge is -2.28. The maximum absolute atomic E-state index is 13.4. The van der Waals surface area contributed by atoms with Crippen LogP contribution < -0.4 is 10.6 Å². The number of benzene rings is 1. The number of nitrogens with one attached hydrogen (secondary N) is 2. The number of piperidine rings is 1. The summed E-state index contributed by atoms with van der Waals surface area (Å²) in [6.07, 6.45) is 2.64. The SMILES string of the molecule is O=C1CC(NC(=O)c2ccc(-c3c(-c4ccc(F)cc4)ncn3C3COC3)o2)CCN1. The molecule has 2 N–H and O–H groups in total. The topological polar surface area (TPSA) is 98.4 Å². The molecule has 0 bridgehead atoms. The van der Waals surface area contributed by atoms with Crippen LogP contribution in [-0.2, 0) is 9.53 Å². The van der Waals surface area contributed by atoms with Crippen LogP contribution >= 0.6 is 0 Å². The Kier molecular flexibility index (Phi) is 5.03. The summed E-state index contributed by atoms with van der Waals surface area (Å²) in [6, 6.07) is 9.31. The van der Waals surface area contributed by atoms with E-state index in [4.69, 9.17) is 9.15 Å². The second kappa shape index (κ2) is 7.99. The standard InChI is InChI=1S/C22H21FN4O4/c23-14-3-1-13(2-4-14)20-21(27(12-25-20)16-10-30-11-16)17-5-6-18(31-17)22(29)26-15-7-8-24-19(28)9-15/h1-6,12,15-16H,7-11H2,(H,24,28)(H,26,29). The average molecular weight is 424 g/mol. The minimum atomic E-state index is -0.368. The van der Waals surface area contributed by atoms with Gasteiger partial charge in [0.15, 0.2) is 11.5 Å². The Morgan fingerprint density at radius 2 is 2.00 bits per heavy atom. The van der Waals surface area contributed by atoms with Crippen LogP contribution in [0.2, 0.25) is 0 Å². The molecule has 2 aromatic heterocycles. The number of carbonyl (C=O) groups excluding carboxylic acids is 2. The van der Waals surface area contributed by atoms with Crippen molar-refractivity contribution in [1.82, 2.24) is 20.2 Å². The predicted octanol–water partition coefficient (Wildman–Crippen LogP) is 2.53. The van der Waals surface area contributed by atoms with Crippen LogP contribution in [-0.4, -0.2) is 47.2 Å². The Morgan fingerprint density at radius 3 is 2.71 bits per heavy atom. The second-order valence-corrected chi connectivity index (χ2v) is 7.72. The molecule has 2 fully saturated rings. The summed E-state index contributed by atoms with van der Waals surface area (Å²) in [7, 11) is 0. The van der Waals surface area contributed by atoms with E-state index in [9.17, 15) is 14.0 Å². The lowest BCUT2D eigenvalue weighted by Crippen LogP contribution is -2.45. The molecule has 2 aliphatic rings. The number of amides is 2. The maximum atomic E-state index is 13.4. The molecule has 9 heteroatoms. The van der Waals surface area contributed by atoms with Gasteiger partial charge in [-0.3, -0.25) is 9.59 Å². The van der Waals surface area contributed by atoms with Gasteiger partial charge in [-0.15, -0.1) is 0 Å². The van der Waals surface area contributed by atoms with E-state index in [0.717, 1.165) is 5.56 Å². The molecular weight excluding hydrogens is 403 g/mol. The van der Waals surface area contributed by atoms with Crippen molar-refractivity contribution in [2.45, 2.75) is 24.9 Å². The van der Waals surface area contributed by atoms with Crippen LogP contribution in [0.1, 0.15) is 29.4 Å². The summed E-state index contributed by atoms with van der Waals surface area (Å²) in [4.78, 5) is 28.7. The molecular formula is C22H21FN4O4. The number of hydrogen-bond acceptors (Lipinski definition) is 5. The summed E-state index contributed by atoms with van der Waals surface area (Å²) in [5.74, 6) is -0.135. The van der Waals surface area contributed by atoms with Crippen LogP contribution in [0.25, 0.3) is 22.7 Å². The number of hydrogen-bond donors (Lipinski definition) is 2. The summed E-state index contributed by atoms with van der Waals surface area (Å²) < 4.78 is 26.6. The van der Waals surface area contributed by atoms with Crippen molar-refractivity contribution in [2.24, 2.45) is 0 Å². The molecule has 8 nitrogen and oxygen atoms in total. The monoisotopic (exact) mass is 424 g/mol. The van der Waals surface area contributed by atoms with E-state index >= 15 is 0 Å². The number of ether oxygens (including phenoxy) is 1. The number of rotatable bonds is 5. The normalized spacial score (nSPS) is 19.0. The molecule has 2 amide bonds. The van der Waals surface area contributed by atoms with Gasteiger partial charge in [0.1, 0.15) is 11.5 Å². The van der Waals surface area contributed by atoms with E-state index in [1.165, 1.54) is 12.1 Å². The Morgan fingerprint density at radius 1 is 1.19 bits per heavy atom. The Labute approximate surface area is 177 Å². The van der Waals surface area contributed by atoms with Gasteiger partial charge in [-0.2, -0.15) is 0 Å². The first-order chi connectivity index (χ1) is 15.1. The van der Waals surface area contributed by atoms with E-state index in [1.54, 1.807) is 30.6 Å². The lowest BCUT2D eigenvalue weighted by molar-refractivity contribution is -0.122. The molecule has 2 aliphatic heterocycles. The van der Waals surface area contributed by atoms with Crippen molar-refractivity contribution in [2.75, 3.05) is 19.8 Å². The molecule has 1 aromatic carbocycles. The Balaban J connectivity index is 1.45. The zero-order chi connectivity index (χ0) is 21.4. The number of halogens is 1. The molecule has 0 spiro atoms.